The van der Waals surface area contributed by atoms with Crippen molar-refractivity contribution in [2.75, 3.05) is 110 Å². The molecule has 3 heterocycles. The predicted molar refractivity (Wildman–Crippen MR) is 391 cm³/mol. The minimum Gasteiger partial charge on any atom is -0.382 e. The van der Waals surface area contributed by atoms with Crippen LogP contribution < -0.4 is 48.7 Å². The molecule has 27 nitrogen and oxygen atoms in total. The Bertz CT molecular complexity index is 3410. The number of anilines is 1. The number of benzene rings is 2. The van der Waals surface area contributed by atoms with E-state index in [1.807, 2.05) is 32.9 Å². The average molecular weight is 1450 g/mol. The SMILES string of the molecule is CC[C@@H](CCCN=C(N)N)C(=O)N[C@@H](CCCCNC(=O)CCCCC[N+]1=C(C=CC=CC=C2N(CC)c3ccc(C)cc3C2(C)C)C(C)(C)c2cc(S(=O)(=O)O)ccc21)C(=O)NCCOCCOCC(=O)N[C@@H](CSC1CC(=O)N(CCCCCC(=O)NCCOCCOC)C1=O)C(N)=O. The second-order valence-corrected chi connectivity index (χ2v) is 29.1. The van der Waals surface area contributed by atoms with E-state index in [9.17, 15) is 51.3 Å². The van der Waals surface area contributed by atoms with Gasteiger partial charge in [0.1, 0.15) is 25.2 Å². The van der Waals surface area contributed by atoms with Crippen molar-refractivity contribution in [1.29, 1.82) is 0 Å². The zero-order valence-corrected chi connectivity index (χ0v) is 62.0. The molecule has 0 aromatic heterocycles. The number of fused-ring (bicyclic) bond motifs is 2. The fourth-order valence-corrected chi connectivity index (χ4v) is 14.1. The van der Waals surface area contributed by atoms with E-state index in [4.69, 9.17) is 36.1 Å². The molecule has 560 valence electrons. The van der Waals surface area contributed by atoms with Crippen LogP contribution in [0.15, 0.2) is 82.4 Å². The third kappa shape index (κ3) is 27.0. The van der Waals surface area contributed by atoms with Crippen LogP contribution in [-0.2, 0) is 78.3 Å². The molecule has 3 aliphatic rings. The molecule has 4 atom stereocenters. The van der Waals surface area contributed by atoms with Crippen LogP contribution in [0.5, 0.6) is 0 Å². The molecular weight excluding hydrogens is 1340 g/mol. The Kier molecular flexibility index (Phi) is 35.6. The minimum atomic E-state index is -4.45. The molecule has 1 fully saturated rings. The number of nitrogens with two attached hydrogens (primary N) is 3. The highest BCUT2D eigenvalue weighted by atomic mass is 32.2. The first kappa shape index (κ1) is 84.1. The van der Waals surface area contributed by atoms with Crippen molar-refractivity contribution in [3.8, 4) is 0 Å². The molecular formula is C72H111N12O15S2+. The van der Waals surface area contributed by atoms with Gasteiger partial charge in [0, 0.05) is 118 Å². The zero-order chi connectivity index (χ0) is 74.1. The Balaban J connectivity index is 1.03. The number of amides is 8. The molecule has 8 amide bonds. The van der Waals surface area contributed by atoms with E-state index >= 15 is 0 Å². The highest BCUT2D eigenvalue weighted by molar-refractivity contribution is 8.00. The number of hydrogen-bond acceptors (Lipinski definition) is 17. The summed E-state index contributed by atoms with van der Waals surface area (Å²) in [6.45, 7) is 18.6. The summed E-state index contributed by atoms with van der Waals surface area (Å²) in [7, 11) is -2.87. The third-order valence-corrected chi connectivity index (χ3v) is 20.2. The van der Waals surface area contributed by atoms with Crippen LogP contribution in [0.25, 0.3) is 0 Å². The van der Waals surface area contributed by atoms with Gasteiger partial charge in [-0.1, -0.05) is 63.1 Å². The quantitative estimate of drug-likeness (QED) is 0.00785. The molecule has 1 saturated heterocycles. The molecule has 2 aromatic carbocycles. The molecule has 0 bridgehead atoms. The van der Waals surface area contributed by atoms with E-state index in [2.05, 4.69) is 105 Å². The molecule has 12 N–H and O–H groups in total. The first-order chi connectivity index (χ1) is 48.1. The number of ether oxygens (including phenoxy) is 4. The molecule has 29 heteroatoms. The van der Waals surface area contributed by atoms with Crippen molar-refractivity contribution in [1.82, 2.24) is 31.5 Å². The standard InChI is InChI=1S/C72H110N12O15S2/c1-9-51(23-22-34-79-70(74)75)67(90)81-55(68(91)78-36-40-98-43-44-99-48-64(87)80-56(66(73)89)49-100-59-47-65(88)84(69(59)92)38-21-13-17-28-63(86)77-35-39-97-42-41-96-8)24-18-19-33-76-62(85)27-16-12-20-37-83-58-32-30-52(101(93,94)95)46-54(58)72(6,7)61(83)26-15-11-14-25-60-71(4,5)53-45-50(3)29-31-57(53)82(60)10-2/h11,14-15,25-26,29-32,45-46,51,55-56,59H,9-10,12-13,16-24,27-28,33-44,47-49H2,1-8H3,(H11-,73,74,75,76,77,78,79,80,81,85,86,87,89,90,91,93,94,95)/p+1/t51-,55-,56-,59?/m0/s1. The smallest absolute Gasteiger partial charge is 0.294 e. The number of nitrogens with one attached hydrogen (secondary N) is 5. The van der Waals surface area contributed by atoms with Crippen LogP contribution in [0.3, 0.4) is 0 Å². The maximum atomic E-state index is 13.6. The molecule has 2 aromatic rings. The number of imide groups is 1. The number of carbonyl (C=O) groups is 8. The Morgan fingerprint density at radius 3 is 2.08 bits per heavy atom. The first-order valence-electron chi connectivity index (χ1n) is 35.3. The summed E-state index contributed by atoms with van der Waals surface area (Å²) >= 11 is 1.05. The van der Waals surface area contributed by atoms with E-state index in [0.717, 1.165) is 48.1 Å². The molecule has 0 radical (unpaired) electrons. The highest BCUT2D eigenvalue weighted by Gasteiger charge is 2.45. The summed E-state index contributed by atoms with van der Waals surface area (Å²) in [5.41, 5.74) is 23.3. The third-order valence-electron chi connectivity index (χ3n) is 18.1. The fraction of sp³-hybridized carbons (Fsp3) is 0.611. The number of methoxy groups -OCH3 is 1. The van der Waals surface area contributed by atoms with Crippen molar-refractivity contribution in [3.05, 3.63) is 89.2 Å². The van der Waals surface area contributed by atoms with Gasteiger partial charge in [0.05, 0.1) is 55.2 Å². The average Bonchev–Trinajstić information content (AvgIpc) is 1.60. The number of thioether (sulfide) groups is 1. The summed E-state index contributed by atoms with van der Waals surface area (Å²) in [5, 5.41) is 13.3. The number of aliphatic imine (C=N–C) groups is 1. The van der Waals surface area contributed by atoms with Gasteiger partial charge in [-0.2, -0.15) is 13.0 Å². The molecule has 0 saturated carbocycles. The monoisotopic (exact) mass is 1450 g/mol. The molecule has 101 heavy (non-hydrogen) atoms. The van der Waals surface area contributed by atoms with E-state index in [1.165, 1.54) is 33.5 Å². The maximum Gasteiger partial charge on any atom is 0.294 e. The van der Waals surface area contributed by atoms with Crippen LogP contribution in [0, 0.1) is 12.8 Å². The normalized spacial score (nSPS) is 16.8. The Morgan fingerprint density at radius 2 is 1.41 bits per heavy atom. The number of unbranched alkanes of at least 4 members (excludes halogenated alkanes) is 5. The lowest BCUT2D eigenvalue weighted by molar-refractivity contribution is -0.438. The number of carbonyl (C=O) groups excluding carboxylic acids is 8. The molecule has 3 aliphatic heterocycles. The molecule has 0 spiro atoms. The number of likely N-dealkylation sites (tertiary alicyclic amines) is 1. The number of hydrogen-bond donors (Lipinski definition) is 9. The van der Waals surface area contributed by atoms with Crippen LogP contribution >= 0.6 is 11.8 Å². The fourth-order valence-electron chi connectivity index (χ4n) is 12.4. The van der Waals surface area contributed by atoms with E-state index in [0.29, 0.717) is 123 Å². The molecule has 1 unspecified atom stereocenters. The lowest BCUT2D eigenvalue weighted by Crippen LogP contribution is -2.49. The topological polar surface area (TPSA) is 388 Å². The summed E-state index contributed by atoms with van der Waals surface area (Å²) in [6, 6.07) is 9.29. The Labute approximate surface area is 600 Å². The summed E-state index contributed by atoms with van der Waals surface area (Å²) in [6.07, 6.45) is 17.6. The van der Waals surface area contributed by atoms with Crippen molar-refractivity contribution >= 4 is 92.2 Å². The van der Waals surface area contributed by atoms with Crippen molar-refractivity contribution in [3.63, 3.8) is 0 Å². The van der Waals surface area contributed by atoms with E-state index < -0.39 is 63.1 Å². The van der Waals surface area contributed by atoms with Gasteiger partial charge in [-0.05, 0) is 122 Å². The Hall–Kier alpha value is -7.54. The zero-order valence-electron chi connectivity index (χ0n) is 60.4. The lowest BCUT2D eigenvalue weighted by atomic mass is 9.81. The number of allylic oxidation sites excluding steroid dienone is 6. The van der Waals surface area contributed by atoms with Gasteiger partial charge in [-0.15, -0.1) is 11.8 Å². The van der Waals surface area contributed by atoms with Crippen molar-refractivity contribution < 1.29 is 74.8 Å². The van der Waals surface area contributed by atoms with E-state index in [-0.39, 0.29) is 90.9 Å². The second-order valence-electron chi connectivity index (χ2n) is 26.4. The minimum absolute atomic E-state index is 0.00952. The number of guanidine groups is 1. The second kappa shape index (κ2) is 42.8. The summed E-state index contributed by atoms with van der Waals surface area (Å²) in [5.74, 6) is -3.58. The van der Waals surface area contributed by atoms with Gasteiger partial charge in [-0.3, -0.25) is 52.8 Å². The lowest BCUT2D eigenvalue weighted by Gasteiger charge is -2.25. The van der Waals surface area contributed by atoms with Gasteiger partial charge in [-0.25, -0.2) is 0 Å². The highest BCUT2D eigenvalue weighted by Crippen LogP contribution is 2.48. The maximum absolute atomic E-state index is 13.6. The van der Waals surface area contributed by atoms with Crippen molar-refractivity contribution in [2.24, 2.45) is 28.1 Å². The van der Waals surface area contributed by atoms with Gasteiger partial charge in [0.25, 0.3) is 10.1 Å². The van der Waals surface area contributed by atoms with Gasteiger partial charge >= 0.3 is 0 Å². The van der Waals surface area contributed by atoms with Gasteiger partial charge < -0.3 is 67.6 Å². The number of nitrogens with zero attached hydrogens (tertiary/aromatic N) is 4. The summed E-state index contributed by atoms with van der Waals surface area (Å²) < 4.78 is 58.1. The molecule has 5 rings (SSSR count). The van der Waals surface area contributed by atoms with Gasteiger partial charge in [0.15, 0.2) is 11.7 Å². The largest absolute Gasteiger partial charge is 0.382 e. The van der Waals surface area contributed by atoms with Crippen LogP contribution in [-0.4, -0.2) is 204 Å². The van der Waals surface area contributed by atoms with E-state index in [1.54, 1.807) is 19.2 Å². The number of likely N-dealkylation sites (N-methyl/N-ethyl adjacent to an activating group) is 1. The predicted octanol–water partition coefficient (Wildman–Crippen LogP) is 5.16. The first-order valence-corrected chi connectivity index (χ1v) is 37.8. The van der Waals surface area contributed by atoms with Gasteiger partial charge in [0.2, 0.25) is 52.9 Å². The van der Waals surface area contributed by atoms with Crippen LogP contribution in [0.2, 0.25) is 0 Å². The number of aryl methyl sites for hydroxylation is 1. The summed E-state index contributed by atoms with van der Waals surface area (Å²) in [4.78, 5) is 111. The number of primary amides is 1. The van der Waals surface area contributed by atoms with Crippen LogP contribution in [0.4, 0.5) is 11.4 Å². The Morgan fingerprint density at radius 1 is 0.723 bits per heavy atom. The van der Waals surface area contributed by atoms with Crippen molar-refractivity contribution in [2.45, 2.75) is 178 Å². The number of rotatable bonds is 49. The van der Waals surface area contributed by atoms with Crippen LogP contribution in [0.1, 0.15) is 155 Å². The molecule has 0 aliphatic carbocycles.